The molecule has 2 aromatic carbocycles. The normalized spacial score (nSPS) is 20.5. The molecule has 31 heavy (non-hydrogen) atoms. The van der Waals surface area contributed by atoms with Crippen LogP contribution in [0.1, 0.15) is 42.5 Å². The van der Waals surface area contributed by atoms with Crippen LogP contribution in [0, 0.1) is 0 Å². The number of anilines is 2. The maximum Gasteiger partial charge on any atom is 0.260 e. The Kier molecular flexibility index (Phi) is 4.86. The molecule has 2 unspecified atom stereocenters. The number of nitrogens with one attached hydrogen (secondary N) is 1. The fraction of sp³-hybridized carbons (Fsp3) is 0.273. The summed E-state index contributed by atoms with van der Waals surface area (Å²) in [5.41, 5.74) is 1.96. The maximum atomic E-state index is 12.2. The molecule has 9 heteroatoms. The molecular formula is C22H20ClN5O3. The van der Waals surface area contributed by atoms with E-state index in [2.05, 4.69) is 15.4 Å². The molecule has 2 amide bonds. The summed E-state index contributed by atoms with van der Waals surface area (Å²) in [6.45, 7) is 0. The van der Waals surface area contributed by atoms with Crippen molar-refractivity contribution in [2.75, 3.05) is 17.3 Å². The number of carbonyl (C=O) groups excluding carboxylic acids is 2. The van der Waals surface area contributed by atoms with Crippen LogP contribution in [0.25, 0.3) is 0 Å². The van der Waals surface area contributed by atoms with E-state index < -0.39 is 0 Å². The average Bonchev–Trinajstić information content (AvgIpc) is 3.35. The molecule has 3 aromatic rings. The van der Waals surface area contributed by atoms with Crippen molar-refractivity contribution in [2.45, 2.75) is 31.3 Å². The molecule has 1 fully saturated rings. The molecule has 1 saturated heterocycles. The molecule has 0 aliphatic carbocycles. The molecule has 1 aromatic heterocycles. The third-order valence-electron chi connectivity index (χ3n) is 5.71. The van der Waals surface area contributed by atoms with Crippen molar-refractivity contribution in [1.82, 2.24) is 14.8 Å². The van der Waals surface area contributed by atoms with E-state index >= 15 is 0 Å². The van der Waals surface area contributed by atoms with E-state index in [-0.39, 0.29) is 42.7 Å². The van der Waals surface area contributed by atoms with Gasteiger partial charge in [-0.15, -0.1) is 5.10 Å². The number of fused-ring (bicyclic) bond motifs is 1. The zero-order valence-electron chi connectivity index (χ0n) is 16.8. The van der Waals surface area contributed by atoms with Gasteiger partial charge in [-0.1, -0.05) is 41.9 Å². The second kappa shape index (κ2) is 7.70. The molecule has 0 saturated carbocycles. The zero-order chi connectivity index (χ0) is 21.5. The summed E-state index contributed by atoms with van der Waals surface area (Å²) in [4.78, 5) is 30.0. The van der Waals surface area contributed by atoms with Gasteiger partial charge in [0.15, 0.2) is 0 Å². The lowest BCUT2D eigenvalue weighted by Gasteiger charge is -2.32. The van der Waals surface area contributed by atoms with Gasteiger partial charge in [0, 0.05) is 17.9 Å². The van der Waals surface area contributed by atoms with Crippen LogP contribution < -0.4 is 15.0 Å². The van der Waals surface area contributed by atoms with Crippen molar-refractivity contribution in [3.63, 3.8) is 0 Å². The van der Waals surface area contributed by atoms with E-state index in [0.29, 0.717) is 17.4 Å². The van der Waals surface area contributed by atoms with Gasteiger partial charge in [-0.2, -0.15) is 4.98 Å². The number of amides is 2. The van der Waals surface area contributed by atoms with Crippen LogP contribution in [-0.2, 0) is 9.59 Å². The van der Waals surface area contributed by atoms with Crippen LogP contribution >= 0.6 is 11.6 Å². The first kappa shape index (κ1) is 19.6. The van der Waals surface area contributed by atoms with E-state index in [1.165, 1.54) is 0 Å². The van der Waals surface area contributed by atoms with Crippen molar-refractivity contribution in [1.29, 1.82) is 0 Å². The smallest absolute Gasteiger partial charge is 0.260 e. The second-order valence-electron chi connectivity index (χ2n) is 7.55. The summed E-state index contributed by atoms with van der Waals surface area (Å²) in [7, 11) is 1.63. The van der Waals surface area contributed by atoms with Crippen LogP contribution in [0.15, 0.2) is 48.5 Å². The van der Waals surface area contributed by atoms with Crippen LogP contribution in [0.5, 0.6) is 5.75 Å². The lowest BCUT2D eigenvalue weighted by molar-refractivity contribution is -0.121. The van der Waals surface area contributed by atoms with E-state index in [4.69, 9.17) is 16.3 Å². The van der Waals surface area contributed by atoms with E-state index in [9.17, 15) is 9.59 Å². The van der Waals surface area contributed by atoms with Crippen LogP contribution in [0.2, 0.25) is 5.02 Å². The van der Waals surface area contributed by atoms with E-state index in [1.807, 2.05) is 48.5 Å². The van der Waals surface area contributed by atoms with Gasteiger partial charge in [0.1, 0.15) is 5.75 Å². The highest BCUT2D eigenvalue weighted by Crippen LogP contribution is 2.41. The van der Waals surface area contributed by atoms with Crippen LogP contribution in [0.4, 0.5) is 11.9 Å². The Morgan fingerprint density at radius 1 is 1.06 bits per heavy atom. The molecular weight excluding hydrogens is 418 g/mol. The second-order valence-corrected chi connectivity index (χ2v) is 7.95. The number of benzene rings is 2. The molecule has 8 nitrogen and oxygen atoms in total. The Morgan fingerprint density at radius 3 is 2.45 bits per heavy atom. The number of imide groups is 1. The van der Waals surface area contributed by atoms with E-state index in [0.717, 1.165) is 21.8 Å². The lowest BCUT2D eigenvalue weighted by Crippen LogP contribution is -2.30. The Labute approximate surface area is 183 Å². The minimum atomic E-state index is -0.283. The van der Waals surface area contributed by atoms with Gasteiger partial charge in [0.05, 0.1) is 19.2 Å². The average molecular weight is 438 g/mol. The number of halogens is 1. The number of aromatic nitrogens is 3. The maximum absolute atomic E-state index is 12.2. The third-order valence-corrected chi connectivity index (χ3v) is 6.06. The highest BCUT2D eigenvalue weighted by Gasteiger charge is 2.37. The molecule has 158 valence electrons. The third kappa shape index (κ3) is 3.42. The molecule has 3 heterocycles. The van der Waals surface area contributed by atoms with Gasteiger partial charge in [0.2, 0.25) is 17.8 Å². The van der Waals surface area contributed by atoms with Gasteiger partial charge in [-0.25, -0.2) is 9.58 Å². The summed E-state index contributed by atoms with van der Waals surface area (Å²) in [5.74, 6) is 0.795. The molecule has 2 aliphatic heterocycles. The number of hydrogen-bond acceptors (Lipinski definition) is 6. The molecule has 2 aliphatic rings. The predicted molar refractivity (Wildman–Crippen MR) is 115 cm³/mol. The standard InChI is InChI=1S/C22H20ClN5O3/c1-31-14-8-6-13(7-9-14)17-12-18(15-4-2-3-5-16(15)23)28-21(24-17)25-22(26-28)27-19(29)10-11-20(27)30/h2-9,17-18H,10-12H2,1H3,(H,24,25,26). The molecule has 5 rings (SSSR count). The molecule has 0 spiro atoms. The summed E-state index contributed by atoms with van der Waals surface area (Å²) >= 11 is 6.52. The Morgan fingerprint density at radius 2 is 1.77 bits per heavy atom. The summed E-state index contributed by atoms with van der Waals surface area (Å²) in [6.07, 6.45) is 1.02. The lowest BCUT2D eigenvalue weighted by atomic mass is 9.93. The SMILES string of the molecule is COc1ccc(C2CC(c3ccccc3Cl)n3nc(N4C(=O)CCC4=O)nc3N2)cc1. The number of carbonyl (C=O) groups is 2. The highest BCUT2D eigenvalue weighted by molar-refractivity contribution is 6.31. The van der Waals surface area contributed by atoms with Gasteiger partial charge in [-0.3, -0.25) is 9.59 Å². The molecule has 1 N–H and O–H groups in total. The Hall–Kier alpha value is -3.39. The molecule has 2 atom stereocenters. The first-order chi connectivity index (χ1) is 15.0. The largest absolute Gasteiger partial charge is 0.497 e. The number of methoxy groups -OCH3 is 1. The Balaban J connectivity index is 1.57. The van der Waals surface area contributed by atoms with Crippen molar-refractivity contribution >= 4 is 35.3 Å². The molecule has 0 radical (unpaired) electrons. The van der Waals surface area contributed by atoms with E-state index in [1.54, 1.807) is 11.8 Å². The number of nitrogens with zero attached hydrogens (tertiary/aromatic N) is 4. The fourth-order valence-corrected chi connectivity index (χ4v) is 4.38. The van der Waals surface area contributed by atoms with Gasteiger partial charge < -0.3 is 10.1 Å². The summed E-state index contributed by atoms with van der Waals surface area (Å²) < 4.78 is 6.98. The predicted octanol–water partition coefficient (Wildman–Crippen LogP) is 3.74. The van der Waals surface area contributed by atoms with Gasteiger partial charge >= 0.3 is 0 Å². The number of ether oxygens (including phenoxy) is 1. The van der Waals surface area contributed by atoms with Crippen molar-refractivity contribution in [3.05, 3.63) is 64.7 Å². The summed E-state index contributed by atoms with van der Waals surface area (Å²) in [6, 6.07) is 15.1. The topological polar surface area (TPSA) is 89.4 Å². The minimum absolute atomic E-state index is 0.0679. The highest BCUT2D eigenvalue weighted by atomic mass is 35.5. The van der Waals surface area contributed by atoms with Crippen molar-refractivity contribution < 1.29 is 14.3 Å². The fourth-order valence-electron chi connectivity index (χ4n) is 4.12. The zero-order valence-corrected chi connectivity index (χ0v) is 17.5. The number of rotatable bonds is 4. The summed E-state index contributed by atoms with van der Waals surface area (Å²) in [5, 5.41) is 8.56. The van der Waals surface area contributed by atoms with Crippen molar-refractivity contribution in [2.24, 2.45) is 0 Å². The first-order valence-corrected chi connectivity index (χ1v) is 10.4. The Bertz CT molecular complexity index is 1140. The number of hydrogen-bond donors (Lipinski definition) is 1. The van der Waals surface area contributed by atoms with Gasteiger partial charge in [0.25, 0.3) is 5.95 Å². The minimum Gasteiger partial charge on any atom is -0.497 e. The monoisotopic (exact) mass is 437 g/mol. The van der Waals surface area contributed by atoms with Crippen LogP contribution in [-0.4, -0.2) is 33.7 Å². The van der Waals surface area contributed by atoms with Crippen LogP contribution in [0.3, 0.4) is 0 Å². The molecule has 0 bridgehead atoms. The first-order valence-electron chi connectivity index (χ1n) is 10.0. The van der Waals surface area contributed by atoms with Crippen molar-refractivity contribution in [3.8, 4) is 5.75 Å². The van der Waals surface area contributed by atoms with Gasteiger partial charge in [-0.05, 0) is 35.7 Å². The quantitative estimate of drug-likeness (QED) is 0.625.